The van der Waals surface area contributed by atoms with Gasteiger partial charge in [-0.25, -0.2) is 4.98 Å². The van der Waals surface area contributed by atoms with Crippen molar-refractivity contribution in [1.82, 2.24) is 9.88 Å². The van der Waals surface area contributed by atoms with Crippen molar-refractivity contribution >= 4 is 17.4 Å². The Bertz CT molecular complexity index is 717. The van der Waals surface area contributed by atoms with Gasteiger partial charge in [-0.2, -0.15) is 0 Å². The molecule has 0 bridgehead atoms. The maximum Gasteiger partial charge on any atom is 0.257 e. The summed E-state index contributed by atoms with van der Waals surface area (Å²) in [6.07, 6.45) is 3.81. The Balaban J connectivity index is 2.00. The standard InChI is InChI=1S/C19H23N3O2/c1-2-21(13-14-23)19(24)16-9-5-11-20-18(16)22-12-6-8-15-7-3-4-10-17(15)22/h3-5,7,9-11,23H,2,6,8,12-14H2,1H3. The van der Waals surface area contributed by atoms with Crippen molar-refractivity contribution in [3.8, 4) is 0 Å². The first kappa shape index (κ1) is 16.5. The van der Waals surface area contributed by atoms with E-state index in [0.29, 0.717) is 24.5 Å². The Morgan fingerprint density at radius 2 is 2.12 bits per heavy atom. The highest BCUT2D eigenvalue weighted by molar-refractivity contribution is 5.99. The quantitative estimate of drug-likeness (QED) is 0.918. The van der Waals surface area contributed by atoms with Crippen LogP contribution in [0.15, 0.2) is 42.6 Å². The SMILES string of the molecule is CCN(CCO)C(=O)c1cccnc1N1CCCc2ccccc21. The number of aliphatic hydroxyl groups is 1. The van der Waals surface area contributed by atoms with E-state index in [1.165, 1.54) is 5.56 Å². The molecule has 24 heavy (non-hydrogen) atoms. The van der Waals surface area contributed by atoms with Crippen LogP contribution in [0.5, 0.6) is 0 Å². The van der Waals surface area contributed by atoms with Gasteiger partial charge in [-0.1, -0.05) is 18.2 Å². The molecule has 1 amide bonds. The molecule has 0 aliphatic carbocycles. The van der Waals surface area contributed by atoms with Gasteiger partial charge in [0.25, 0.3) is 5.91 Å². The van der Waals surface area contributed by atoms with Gasteiger partial charge in [0.15, 0.2) is 0 Å². The van der Waals surface area contributed by atoms with Crippen LogP contribution >= 0.6 is 0 Å². The highest BCUT2D eigenvalue weighted by Crippen LogP contribution is 2.34. The molecule has 126 valence electrons. The molecule has 5 nitrogen and oxygen atoms in total. The number of carbonyl (C=O) groups is 1. The van der Waals surface area contributed by atoms with Crippen LogP contribution in [-0.4, -0.2) is 47.1 Å². The fraction of sp³-hybridized carbons (Fsp3) is 0.368. The van der Waals surface area contributed by atoms with E-state index in [0.717, 1.165) is 25.1 Å². The van der Waals surface area contributed by atoms with E-state index in [9.17, 15) is 9.90 Å². The zero-order valence-electron chi connectivity index (χ0n) is 14.0. The minimum atomic E-state index is -0.0855. The number of aromatic nitrogens is 1. The number of hydrogen-bond acceptors (Lipinski definition) is 4. The third kappa shape index (κ3) is 3.12. The normalized spacial score (nSPS) is 13.5. The maximum absolute atomic E-state index is 12.9. The molecule has 0 spiro atoms. The molecule has 0 atom stereocenters. The van der Waals surface area contributed by atoms with Gasteiger partial charge in [0.1, 0.15) is 5.82 Å². The maximum atomic E-state index is 12.9. The summed E-state index contributed by atoms with van der Waals surface area (Å²) in [6.45, 7) is 3.62. The smallest absolute Gasteiger partial charge is 0.257 e. The molecule has 1 N–H and O–H groups in total. The number of nitrogens with zero attached hydrogens (tertiary/aromatic N) is 3. The van der Waals surface area contributed by atoms with Crippen molar-refractivity contribution in [1.29, 1.82) is 0 Å². The molecule has 0 radical (unpaired) electrons. The summed E-state index contributed by atoms with van der Waals surface area (Å²) < 4.78 is 0. The number of amides is 1. The van der Waals surface area contributed by atoms with Crippen molar-refractivity contribution in [2.45, 2.75) is 19.8 Å². The first-order valence-corrected chi connectivity index (χ1v) is 8.47. The average Bonchev–Trinajstić information content (AvgIpc) is 2.65. The summed E-state index contributed by atoms with van der Waals surface area (Å²) in [6, 6.07) is 11.9. The monoisotopic (exact) mass is 325 g/mol. The van der Waals surface area contributed by atoms with E-state index >= 15 is 0 Å². The van der Waals surface area contributed by atoms with Crippen LogP contribution in [-0.2, 0) is 6.42 Å². The molecule has 0 saturated heterocycles. The zero-order chi connectivity index (χ0) is 16.9. The third-order valence-corrected chi connectivity index (χ3v) is 4.42. The second-order valence-corrected chi connectivity index (χ2v) is 5.87. The van der Waals surface area contributed by atoms with Crippen molar-refractivity contribution in [3.05, 3.63) is 53.7 Å². The second-order valence-electron chi connectivity index (χ2n) is 5.87. The van der Waals surface area contributed by atoms with Gasteiger partial charge >= 0.3 is 0 Å². The Morgan fingerprint density at radius 3 is 2.92 bits per heavy atom. The summed E-state index contributed by atoms with van der Waals surface area (Å²) in [5.74, 6) is 0.615. The number of aliphatic hydroxyl groups excluding tert-OH is 1. The third-order valence-electron chi connectivity index (χ3n) is 4.42. The number of pyridine rings is 1. The van der Waals surface area contributed by atoms with E-state index in [1.54, 1.807) is 17.2 Å². The van der Waals surface area contributed by atoms with Gasteiger partial charge in [-0.3, -0.25) is 4.79 Å². The van der Waals surface area contributed by atoms with Crippen LogP contribution in [0.25, 0.3) is 0 Å². The van der Waals surface area contributed by atoms with Gasteiger partial charge in [-0.15, -0.1) is 0 Å². The van der Waals surface area contributed by atoms with E-state index in [-0.39, 0.29) is 12.5 Å². The lowest BCUT2D eigenvalue weighted by atomic mass is 10.0. The molecule has 2 heterocycles. The first-order valence-electron chi connectivity index (χ1n) is 8.47. The van der Waals surface area contributed by atoms with Gasteiger partial charge < -0.3 is 14.9 Å². The highest BCUT2D eigenvalue weighted by Gasteiger charge is 2.25. The molecule has 1 aliphatic heterocycles. The molecular formula is C19H23N3O2. The predicted octanol–water partition coefficient (Wildman–Crippen LogP) is 2.62. The number of fused-ring (bicyclic) bond motifs is 1. The molecule has 0 saturated carbocycles. The Kier molecular flexibility index (Phi) is 5.11. The lowest BCUT2D eigenvalue weighted by Crippen LogP contribution is -2.35. The second kappa shape index (κ2) is 7.45. The van der Waals surface area contributed by atoms with Crippen LogP contribution in [0.3, 0.4) is 0 Å². The summed E-state index contributed by atoms with van der Waals surface area (Å²) >= 11 is 0. The van der Waals surface area contributed by atoms with Crippen LogP contribution in [0.2, 0.25) is 0 Å². The highest BCUT2D eigenvalue weighted by atomic mass is 16.3. The topological polar surface area (TPSA) is 56.7 Å². The molecule has 0 unspecified atom stereocenters. The summed E-state index contributed by atoms with van der Waals surface area (Å²) in [7, 11) is 0. The lowest BCUT2D eigenvalue weighted by molar-refractivity contribution is 0.0732. The van der Waals surface area contributed by atoms with E-state index in [2.05, 4.69) is 22.0 Å². The average molecular weight is 325 g/mol. The fourth-order valence-corrected chi connectivity index (χ4v) is 3.23. The Morgan fingerprint density at radius 1 is 1.29 bits per heavy atom. The number of likely N-dealkylation sites (N-methyl/N-ethyl adjacent to an activating group) is 1. The summed E-state index contributed by atoms with van der Waals surface area (Å²) in [4.78, 5) is 21.2. The van der Waals surface area contributed by atoms with Crippen molar-refractivity contribution < 1.29 is 9.90 Å². The van der Waals surface area contributed by atoms with Gasteiger partial charge in [0.05, 0.1) is 12.2 Å². The largest absolute Gasteiger partial charge is 0.395 e. The zero-order valence-corrected chi connectivity index (χ0v) is 14.0. The number of hydrogen-bond donors (Lipinski definition) is 1. The van der Waals surface area contributed by atoms with E-state index < -0.39 is 0 Å². The molecule has 2 aromatic rings. The summed E-state index contributed by atoms with van der Waals surface area (Å²) in [5.41, 5.74) is 3.00. The van der Waals surface area contributed by atoms with Gasteiger partial charge in [-0.05, 0) is 43.5 Å². The van der Waals surface area contributed by atoms with Crippen molar-refractivity contribution in [2.75, 3.05) is 31.1 Å². The number of aryl methyl sites for hydroxylation is 1. The minimum Gasteiger partial charge on any atom is -0.395 e. The van der Waals surface area contributed by atoms with Gasteiger partial charge in [0, 0.05) is 31.5 Å². The summed E-state index contributed by atoms with van der Waals surface area (Å²) in [5, 5.41) is 9.19. The lowest BCUT2D eigenvalue weighted by Gasteiger charge is -2.32. The van der Waals surface area contributed by atoms with E-state index in [4.69, 9.17) is 0 Å². The van der Waals surface area contributed by atoms with E-state index in [1.807, 2.05) is 25.1 Å². The van der Waals surface area contributed by atoms with Crippen LogP contribution < -0.4 is 4.90 Å². The number of benzene rings is 1. The number of carbonyl (C=O) groups excluding carboxylic acids is 1. The molecular weight excluding hydrogens is 302 g/mol. The first-order chi connectivity index (χ1) is 11.8. The molecule has 5 heteroatoms. The van der Waals surface area contributed by atoms with Crippen LogP contribution in [0, 0.1) is 0 Å². The minimum absolute atomic E-state index is 0.0400. The van der Waals surface area contributed by atoms with Gasteiger partial charge in [0.2, 0.25) is 0 Å². The Labute approximate surface area is 142 Å². The Hall–Kier alpha value is -2.40. The number of anilines is 2. The number of para-hydroxylation sites is 1. The number of rotatable bonds is 5. The molecule has 3 rings (SSSR count). The van der Waals surface area contributed by atoms with Crippen LogP contribution in [0.4, 0.5) is 11.5 Å². The van der Waals surface area contributed by atoms with Crippen molar-refractivity contribution in [2.24, 2.45) is 0 Å². The van der Waals surface area contributed by atoms with Crippen molar-refractivity contribution in [3.63, 3.8) is 0 Å². The van der Waals surface area contributed by atoms with Crippen LogP contribution in [0.1, 0.15) is 29.3 Å². The molecule has 0 fully saturated rings. The fourth-order valence-electron chi connectivity index (χ4n) is 3.23. The predicted molar refractivity (Wildman–Crippen MR) is 94.7 cm³/mol. The molecule has 1 aliphatic rings. The molecule has 1 aromatic heterocycles. The molecule has 1 aromatic carbocycles.